The van der Waals surface area contributed by atoms with Gasteiger partial charge in [-0.25, -0.2) is 0 Å². The van der Waals surface area contributed by atoms with Crippen LogP contribution in [0, 0.1) is 5.41 Å². The number of esters is 1. The van der Waals surface area contributed by atoms with E-state index in [-0.39, 0.29) is 29.9 Å². The Morgan fingerprint density at radius 3 is 2.45 bits per heavy atom. The predicted octanol–water partition coefficient (Wildman–Crippen LogP) is 0.709. The number of hydrogen-bond acceptors (Lipinski definition) is 3. The van der Waals surface area contributed by atoms with E-state index < -0.39 is 0 Å². The van der Waals surface area contributed by atoms with E-state index in [1.54, 1.807) is 0 Å². The Morgan fingerprint density at radius 1 is 1.73 bits per heavy atom. The van der Waals surface area contributed by atoms with Crippen molar-refractivity contribution in [1.29, 1.82) is 0 Å². The standard InChI is InChI=1S/C7H13NO2.ClH/c1-7(2)3-5(4-8)10-6(7)9;/h5H,3-4,8H2,1-2H3;1H. The smallest absolute Gasteiger partial charge is 0.311 e. The fourth-order valence-corrected chi connectivity index (χ4v) is 1.14. The molecule has 0 aromatic rings. The molecule has 2 N–H and O–H groups in total. The minimum absolute atomic E-state index is 0. The predicted molar refractivity (Wildman–Crippen MR) is 44.6 cm³/mol. The second kappa shape index (κ2) is 3.41. The summed E-state index contributed by atoms with van der Waals surface area (Å²) in [5.74, 6) is -0.122. The molecule has 66 valence electrons. The average Bonchev–Trinajstić information content (AvgIpc) is 2.08. The molecule has 0 spiro atoms. The van der Waals surface area contributed by atoms with E-state index in [2.05, 4.69) is 0 Å². The second-order valence-electron chi connectivity index (χ2n) is 3.35. The molecule has 0 aromatic heterocycles. The van der Waals surface area contributed by atoms with Crippen molar-refractivity contribution in [2.45, 2.75) is 26.4 Å². The Morgan fingerprint density at radius 2 is 2.27 bits per heavy atom. The first-order valence-electron chi connectivity index (χ1n) is 3.47. The normalized spacial score (nSPS) is 27.5. The van der Waals surface area contributed by atoms with Crippen molar-refractivity contribution in [1.82, 2.24) is 0 Å². The van der Waals surface area contributed by atoms with Crippen LogP contribution in [0.4, 0.5) is 0 Å². The van der Waals surface area contributed by atoms with Gasteiger partial charge in [0.25, 0.3) is 0 Å². The van der Waals surface area contributed by atoms with Gasteiger partial charge in [-0.05, 0) is 13.8 Å². The zero-order valence-electron chi connectivity index (χ0n) is 6.79. The Hall–Kier alpha value is -0.280. The van der Waals surface area contributed by atoms with Crippen molar-refractivity contribution in [2.24, 2.45) is 11.1 Å². The molecule has 1 fully saturated rings. The highest BCUT2D eigenvalue weighted by Crippen LogP contribution is 2.32. The zero-order valence-corrected chi connectivity index (χ0v) is 7.61. The van der Waals surface area contributed by atoms with Crippen molar-refractivity contribution in [3.8, 4) is 0 Å². The molecule has 1 atom stereocenters. The number of nitrogens with two attached hydrogens (primary N) is 1. The summed E-state index contributed by atoms with van der Waals surface area (Å²) in [4.78, 5) is 11.0. The molecule has 1 aliphatic rings. The molecule has 0 saturated carbocycles. The summed E-state index contributed by atoms with van der Waals surface area (Å²) in [5.41, 5.74) is 5.02. The molecule has 1 unspecified atom stereocenters. The molecule has 1 rings (SSSR count). The van der Waals surface area contributed by atoms with E-state index >= 15 is 0 Å². The van der Waals surface area contributed by atoms with Gasteiger partial charge in [-0.3, -0.25) is 4.79 Å². The summed E-state index contributed by atoms with van der Waals surface area (Å²) in [7, 11) is 0. The molecule has 11 heavy (non-hydrogen) atoms. The lowest BCUT2D eigenvalue weighted by Crippen LogP contribution is -2.19. The van der Waals surface area contributed by atoms with Gasteiger partial charge >= 0.3 is 5.97 Å². The highest BCUT2D eigenvalue weighted by atomic mass is 35.5. The third-order valence-electron chi connectivity index (χ3n) is 1.83. The van der Waals surface area contributed by atoms with Gasteiger partial charge in [-0.15, -0.1) is 12.4 Å². The van der Waals surface area contributed by atoms with Gasteiger partial charge in [0.15, 0.2) is 0 Å². The maximum absolute atomic E-state index is 11.0. The maximum Gasteiger partial charge on any atom is 0.311 e. The zero-order chi connectivity index (χ0) is 7.78. The van der Waals surface area contributed by atoms with E-state index in [9.17, 15) is 4.79 Å². The van der Waals surface area contributed by atoms with Crippen LogP contribution in [0.5, 0.6) is 0 Å². The van der Waals surface area contributed by atoms with Crippen LogP contribution in [0.2, 0.25) is 0 Å². The molecule has 0 aliphatic carbocycles. The van der Waals surface area contributed by atoms with E-state index in [1.807, 2.05) is 13.8 Å². The lowest BCUT2D eigenvalue weighted by molar-refractivity contribution is -0.147. The lowest BCUT2D eigenvalue weighted by Gasteiger charge is -2.08. The van der Waals surface area contributed by atoms with Crippen LogP contribution in [0.25, 0.3) is 0 Å². The molecule has 3 nitrogen and oxygen atoms in total. The third-order valence-corrected chi connectivity index (χ3v) is 1.83. The third kappa shape index (κ3) is 2.07. The van der Waals surface area contributed by atoms with E-state index in [1.165, 1.54) is 0 Å². The van der Waals surface area contributed by atoms with Crippen LogP contribution in [0.3, 0.4) is 0 Å². The summed E-state index contributed by atoms with van der Waals surface area (Å²) >= 11 is 0. The van der Waals surface area contributed by atoms with Crippen LogP contribution in [0.1, 0.15) is 20.3 Å². The highest BCUT2D eigenvalue weighted by molar-refractivity contribution is 5.85. The highest BCUT2D eigenvalue weighted by Gasteiger charge is 2.40. The van der Waals surface area contributed by atoms with E-state index in [0.29, 0.717) is 6.54 Å². The summed E-state index contributed by atoms with van der Waals surface area (Å²) in [6.45, 7) is 4.20. The van der Waals surface area contributed by atoms with Crippen LogP contribution in [-0.4, -0.2) is 18.6 Å². The van der Waals surface area contributed by atoms with E-state index in [0.717, 1.165) is 6.42 Å². The summed E-state index contributed by atoms with van der Waals surface area (Å²) in [6, 6.07) is 0. The Balaban J connectivity index is 0.000001000. The van der Waals surface area contributed by atoms with Crippen molar-refractivity contribution in [2.75, 3.05) is 6.54 Å². The summed E-state index contributed by atoms with van der Waals surface area (Å²) in [6.07, 6.45) is 0.699. The quantitative estimate of drug-likeness (QED) is 0.604. The first-order chi connectivity index (χ1) is 4.56. The Bertz CT molecular complexity index is 159. The van der Waals surface area contributed by atoms with Crippen LogP contribution in [0.15, 0.2) is 0 Å². The molecule has 0 bridgehead atoms. The number of halogens is 1. The van der Waals surface area contributed by atoms with Crippen molar-refractivity contribution in [3.05, 3.63) is 0 Å². The number of cyclic esters (lactones) is 1. The second-order valence-corrected chi connectivity index (χ2v) is 3.35. The Kier molecular flexibility index (Phi) is 3.32. The molecule has 4 heteroatoms. The average molecular weight is 180 g/mol. The number of hydrogen-bond donors (Lipinski definition) is 1. The fraction of sp³-hybridized carbons (Fsp3) is 0.857. The van der Waals surface area contributed by atoms with Crippen LogP contribution >= 0.6 is 12.4 Å². The molecule has 1 aliphatic heterocycles. The molecular formula is C7H14ClNO2. The number of rotatable bonds is 1. The molecule has 1 saturated heterocycles. The van der Waals surface area contributed by atoms with Gasteiger partial charge in [0.2, 0.25) is 0 Å². The molecular weight excluding hydrogens is 166 g/mol. The van der Waals surface area contributed by atoms with Gasteiger partial charge in [0.05, 0.1) is 5.41 Å². The molecule has 0 amide bonds. The van der Waals surface area contributed by atoms with Crippen molar-refractivity contribution in [3.63, 3.8) is 0 Å². The fourth-order valence-electron chi connectivity index (χ4n) is 1.14. The molecule has 0 aromatic carbocycles. The van der Waals surface area contributed by atoms with E-state index in [4.69, 9.17) is 10.5 Å². The van der Waals surface area contributed by atoms with Crippen LogP contribution in [-0.2, 0) is 9.53 Å². The first-order valence-corrected chi connectivity index (χ1v) is 3.47. The van der Waals surface area contributed by atoms with Gasteiger partial charge in [0, 0.05) is 13.0 Å². The lowest BCUT2D eigenvalue weighted by atomic mass is 9.90. The summed E-state index contributed by atoms with van der Waals surface area (Å²) in [5, 5.41) is 0. The Labute approximate surface area is 72.7 Å². The topological polar surface area (TPSA) is 52.3 Å². The minimum Gasteiger partial charge on any atom is -0.461 e. The van der Waals surface area contributed by atoms with Crippen molar-refractivity contribution < 1.29 is 9.53 Å². The number of carbonyl (C=O) groups is 1. The van der Waals surface area contributed by atoms with Gasteiger partial charge in [0.1, 0.15) is 6.10 Å². The molecule has 0 radical (unpaired) electrons. The van der Waals surface area contributed by atoms with Crippen molar-refractivity contribution >= 4 is 18.4 Å². The first kappa shape index (κ1) is 10.7. The van der Waals surface area contributed by atoms with Crippen LogP contribution < -0.4 is 5.73 Å². The summed E-state index contributed by atoms with van der Waals surface area (Å²) < 4.78 is 4.96. The number of ether oxygens (including phenoxy) is 1. The maximum atomic E-state index is 11.0. The van der Waals surface area contributed by atoms with Gasteiger partial charge in [-0.2, -0.15) is 0 Å². The van der Waals surface area contributed by atoms with Gasteiger partial charge in [-0.1, -0.05) is 0 Å². The molecule has 1 heterocycles. The van der Waals surface area contributed by atoms with Gasteiger partial charge < -0.3 is 10.5 Å². The number of carbonyl (C=O) groups excluding carboxylic acids is 1. The minimum atomic E-state index is -0.315. The largest absolute Gasteiger partial charge is 0.461 e. The SMILES string of the molecule is CC1(C)CC(CN)OC1=O.Cl. The monoisotopic (exact) mass is 179 g/mol.